The lowest BCUT2D eigenvalue weighted by Gasteiger charge is -2.14. The lowest BCUT2D eigenvalue weighted by Crippen LogP contribution is -2.25. The third-order valence-electron chi connectivity index (χ3n) is 4.96. The summed E-state index contributed by atoms with van der Waals surface area (Å²) in [5.41, 5.74) is 4.13. The SMILES string of the molecule is Cc1ccc(C(=O)[C@H](C)OC(=O)c2cccc3c2C(=O)c2ccccc2-3)cc1. The van der Waals surface area contributed by atoms with Crippen LogP contribution in [0.4, 0.5) is 0 Å². The zero-order valence-corrected chi connectivity index (χ0v) is 15.6. The summed E-state index contributed by atoms with van der Waals surface area (Å²) in [5, 5.41) is 0. The number of aryl methyl sites for hydroxylation is 1. The standard InChI is InChI=1S/C24H18O4/c1-14-10-12-16(13-11-14)22(25)15(2)28-24(27)20-9-5-8-18-17-6-3-4-7-19(17)23(26)21(18)20/h3-13,15H,1-2H3/t15-/m0/s1. The van der Waals surface area contributed by atoms with Crippen LogP contribution in [-0.2, 0) is 4.74 Å². The Labute approximate surface area is 162 Å². The zero-order valence-electron chi connectivity index (χ0n) is 15.6. The Morgan fingerprint density at radius 2 is 1.46 bits per heavy atom. The van der Waals surface area contributed by atoms with Gasteiger partial charge in [-0.25, -0.2) is 4.79 Å². The predicted molar refractivity (Wildman–Crippen MR) is 106 cm³/mol. The minimum Gasteiger partial charge on any atom is -0.451 e. The van der Waals surface area contributed by atoms with Crippen LogP contribution >= 0.6 is 0 Å². The Morgan fingerprint density at radius 3 is 2.18 bits per heavy atom. The fraction of sp³-hybridized carbons (Fsp3) is 0.125. The first-order valence-corrected chi connectivity index (χ1v) is 9.06. The number of ketones is 2. The van der Waals surface area contributed by atoms with Gasteiger partial charge in [-0.05, 0) is 31.0 Å². The molecule has 0 heterocycles. The average molecular weight is 370 g/mol. The van der Waals surface area contributed by atoms with Gasteiger partial charge in [-0.2, -0.15) is 0 Å². The number of carbonyl (C=O) groups is 3. The normalized spacial score (nSPS) is 12.9. The molecule has 0 aliphatic heterocycles. The quantitative estimate of drug-likeness (QED) is 0.388. The van der Waals surface area contributed by atoms with Crippen LogP contribution in [0.25, 0.3) is 11.1 Å². The highest BCUT2D eigenvalue weighted by Gasteiger charge is 2.32. The van der Waals surface area contributed by atoms with E-state index in [1.807, 2.05) is 37.3 Å². The lowest BCUT2D eigenvalue weighted by atomic mass is 10.0. The molecule has 0 fully saturated rings. The Bertz CT molecular complexity index is 1110. The van der Waals surface area contributed by atoms with Crippen LogP contribution in [0.15, 0.2) is 66.7 Å². The Hall–Kier alpha value is -3.53. The van der Waals surface area contributed by atoms with Gasteiger partial charge in [-0.3, -0.25) is 9.59 Å². The van der Waals surface area contributed by atoms with E-state index in [1.54, 1.807) is 43.3 Å². The van der Waals surface area contributed by atoms with E-state index in [9.17, 15) is 14.4 Å². The molecule has 0 bridgehead atoms. The average Bonchev–Trinajstić information content (AvgIpc) is 3.01. The fourth-order valence-electron chi connectivity index (χ4n) is 3.47. The maximum atomic E-state index is 12.8. The number of hydrogen-bond donors (Lipinski definition) is 0. The Kier molecular flexibility index (Phi) is 4.40. The van der Waals surface area contributed by atoms with E-state index in [1.165, 1.54) is 0 Å². The minimum absolute atomic E-state index is 0.183. The molecule has 1 atom stereocenters. The van der Waals surface area contributed by atoms with Crippen molar-refractivity contribution in [2.24, 2.45) is 0 Å². The van der Waals surface area contributed by atoms with Gasteiger partial charge in [0.1, 0.15) is 0 Å². The Balaban J connectivity index is 1.61. The van der Waals surface area contributed by atoms with Gasteiger partial charge in [0, 0.05) is 16.7 Å². The first kappa shape index (κ1) is 17.9. The topological polar surface area (TPSA) is 60.4 Å². The summed E-state index contributed by atoms with van der Waals surface area (Å²) < 4.78 is 5.41. The monoisotopic (exact) mass is 370 g/mol. The third-order valence-corrected chi connectivity index (χ3v) is 4.96. The van der Waals surface area contributed by atoms with E-state index in [0.29, 0.717) is 22.3 Å². The molecule has 0 aromatic heterocycles. The molecule has 4 rings (SSSR count). The number of esters is 1. The molecule has 3 aromatic rings. The van der Waals surface area contributed by atoms with Crippen LogP contribution in [0.5, 0.6) is 0 Å². The molecule has 3 aromatic carbocycles. The van der Waals surface area contributed by atoms with Crippen molar-refractivity contribution in [1.29, 1.82) is 0 Å². The van der Waals surface area contributed by atoms with Crippen LogP contribution in [0.3, 0.4) is 0 Å². The number of fused-ring (bicyclic) bond motifs is 3. The van der Waals surface area contributed by atoms with Crippen LogP contribution < -0.4 is 0 Å². The summed E-state index contributed by atoms with van der Waals surface area (Å²) in [6.45, 7) is 3.47. The van der Waals surface area contributed by atoms with Crippen molar-refractivity contribution in [3.8, 4) is 11.1 Å². The van der Waals surface area contributed by atoms with Gasteiger partial charge in [0.15, 0.2) is 11.9 Å². The first-order valence-electron chi connectivity index (χ1n) is 9.06. The van der Waals surface area contributed by atoms with Gasteiger partial charge < -0.3 is 4.74 Å². The second-order valence-corrected chi connectivity index (χ2v) is 6.88. The number of hydrogen-bond acceptors (Lipinski definition) is 4. The van der Waals surface area contributed by atoms with Gasteiger partial charge >= 0.3 is 5.97 Å². The highest BCUT2D eigenvalue weighted by atomic mass is 16.5. The summed E-state index contributed by atoms with van der Waals surface area (Å²) in [5.74, 6) is -1.16. The van der Waals surface area contributed by atoms with E-state index in [-0.39, 0.29) is 17.1 Å². The molecule has 0 unspecified atom stereocenters. The van der Waals surface area contributed by atoms with Crippen molar-refractivity contribution in [3.05, 3.63) is 94.5 Å². The van der Waals surface area contributed by atoms with Crippen molar-refractivity contribution >= 4 is 17.5 Å². The molecule has 138 valence electrons. The number of benzene rings is 3. The molecule has 0 saturated heterocycles. The molecular formula is C24H18O4. The molecule has 0 spiro atoms. The molecule has 0 saturated carbocycles. The predicted octanol–water partition coefficient (Wildman–Crippen LogP) is 4.63. The molecule has 0 radical (unpaired) electrons. The molecule has 1 aliphatic rings. The van der Waals surface area contributed by atoms with Gasteiger partial charge in [0.25, 0.3) is 0 Å². The summed E-state index contributed by atoms with van der Waals surface area (Å²) in [6, 6.07) is 19.4. The first-order chi connectivity index (χ1) is 13.5. The van der Waals surface area contributed by atoms with Crippen molar-refractivity contribution in [2.45, 2.75) is 20.0 Å². The zero-order chi connectivity index (χ0) is 19.8. The van der Waals surface area contributed by atoms with Crippen molar-refractivity contribution in [1.82, 2.24) is 0 Å². The van der Waals surface area contributed by atoms with E-state index < -0.39 is 12.1 Å². The maximum absolute atomic E-state index is 12.8. The number of carbonyl (C=O) groups excluding carboxylic acids is 3. The van der Waals surface area contributed by atoms with E-state index in [0.717, 1.165) is 11.1 Å². The molecule has 28 heavy (non-hydrogen) atoms. The second-order valence-electron chi connectivity index (χ2n) is 6.88. The van der Waals surface area contributed by atoms with E-state index in [2.05, 4.69) is 0 Å². The van der Waals surface area contributed by atoms with Crippen molar-refractivity contribution in [3.63, 3.8) is 0 Å². The Morgan fingerprint density at radius 1 is 0.821 bits per heavy atom. The highest BCUT2D eigenvalue weighted by molar-refractivity contribution is 6.25. The van der Waals surface area contributed by atoms with E-state index in [4.69, 9.17) is 4.74 Å². The van der Waals surface area contributed by atoms with Crippen LogP contribution in [0.2, 0.25) is 0 Å². The smallest absolute Gasteiger partial charge is 0.339 e. The molecular weight excluding hydrogens is 352 g/mol. The van der Waals surface area contributed by atoms with Crippen LogP contribution in [0, 0.1) is 6.92 Å². The minimum atomic E-state index is -0.954. The molecule has 0 amide bonds. The largest absolute Gasteiger partial charge is 0.451 e. The van der Waals surface area contributed by atoms with Gasteiger partial charge in [-0.1, -0.05) is 66.2 Å². The highest BCUT2D eigenvalue weighted by Crippen LogP contribution is 2.38. The molecule has 4 nitrogen and oxygen atoms in total. The second kappa shape index (κ2) is 6.89. The number of Topliss-reactive ketones (excluding diaryl/α,β-unsaturated/α-hetero) is 1. The number of rotatable bonds is 4. The van der Waals surface area contributed by atoms with Gasteiger partial charge in [-0.15, -0.1) is 0 Å². The van der Waals surface area contributed by atoms with Crippen LogP contribution in [-0.4, -0.2) is 23.6 Å². The molecule has 4 heteroatoms. The molecule has 1 aliphatic carbocycles. The van der Waals surface area contributed by atoms with Crippen LogP contribution in [0.1, 0.15) is 49.1 Å². The third kappa shape index (κ3) is 2.93. The van der Waals surface area contributed by atoms with E-state index >= 15 is 0 Å². The maximum Gasteiger partial charge on any atom is 0.339 e. The van der Waals surface area contributed by atoms with Gasteiger partial charge in [0.2, 0.25) is 5.78 Å². The summed E-state index contributed by atoms with van der Waals surface area (Å²) >= 11 is 0. The molecule has 0 N–H and O–H groups in total. The fourth-order valence-corrected chi connectivity index (χ4v) is 3.47. The summed E-state index contributed by atoms with van der Waals surface area (Å²) in [4.78, 5) is 38.1. The summed E-state index contributed by atoms with van der Waals surface area (Å²) in [7, 11) is 0. The van der Waals surface area contributed by atoms with Crippen molar-refractivity contribution in [2.75, 3.05) is 0 Å². The lowest BCUT2D eigenvalue weighted by molar-refractivity contribution is 0.0317. The van der Waals surface area contributed by atoms with Gasteiger partial charge in [0.05, 0.1) is 5.56 Å². The summed E-state index contributed by atoms with van der Waals surface area (Å²) in [6.07, 6.45) is -0.954. The van der Waals surface area contributed by atoms with Crippen molar-refractivity contribution < 1.29 is 19.1 Å². The number of ether oxygens (including phenoxy) is 1.